The molecule has 0 radical (unpaired) electrons. The molecule has 4 nitrogen and oxygen atoms in total. The number of nitrogens with one attached hydrogen (secondary N) is 1. The van der Waals surface area contributed by atoms with E-state index in [9.17, 15) is 0 Å². The SMILES string of the molecule is Cc1nc(CNCc2ccn(C3CCCC3)n2)cs1. The standard InChI is InChI=1S/C14H20N4S/c1-11-16-13(10-19-11)9-15-8-12-6-7-18(17-12)14-4-2-3-5-14/h6-7,10,14-15H,2-5,8-9H2,1H3. The summed E-state index contributed by atoms with van der Waals surface area (Å²) in [6.45, 7) is 3.67. The molecule has 0 atom stereocenters. The van der Waals surface area contributed by atoms with Crippen molar-refractivity contribution in [3.05, 3.63) is 34.0 Å². The van der Waals surface area contributed by atoms with Gasteiger partial charge in [-0.2, -0.15) is 5.10 Å². The highest BCUT2D eigenvalue weighted by molar-refractivity contribution is 7.09. The van der Waals surface area contributed by atoms with Gasteiger partial charge in [-0.25, -0.2) is 4.98 Å². The third-order valence-electron chi connectivity index (χ3n) is 3.64. The van der Waals surface area contributed by atoms with E-state index >= 15 is 0 Å². The molecule has 1 saturated carbocycles. The van der Waals surface area contributed by atoms with Gasteiger partial charge in [-0.05, 0) is 25.8 Å². The molecule has 3 rings (SSSR count). The maximum absolute atomic E-state index is 4.67. The highest BCUT2D eigenvalue weighted by atomic mass is 32.1. The van der Waals surface area contributed by atoms with Crippen LogP contribution in [0.15, 0.2) is 17.6 Å². The lowest BCUT2D eigenvalue weighted by Gasteiger charge is -2.08. The molecule has 0 unspecified atom stereocenters. The van der Waals surface area contributed by atoms with E-state index in [0.29, 0.717) is 6.04 Å². The third-order valence-corrected chi connectivity index (χ3v) is 4.46. The molecule has 2 aromatic rings. The second kappa shape index (κ2) is 5.84. The molecule has 1 N–H and O–H groups in total. The minimum Gasteiger partial charge on any atom is -0.305 e. The zero-order valence-corrected chi connectivity index (χ0v) is 12.1. The molecular formula is C14H20N4S. The smallest absolute Gasteiger partial charge is 0.0897 e. The lowest BCUT2D eigenvalue weighted by molar-refractivity contribution is 0.460. The minimum atomic E-state index is 0.634. The molecule has 2 heterocycles. The number of aromatic nitrogens is 3. The Bertz CT molecular complexity index is 525. The molecule has 0 aromatic carbocycles. The molecule has 1 aliphatic carbocycles. The van der Waals surface area contributed by atoms with Crippen molar-refractivity contribution in [3.63, 3.8) is 0 Å². The first kappa shape index (κ1) is 12.8. The Hall–Kier alpha value is -1.20. The first-order valence-corrected chi connectivity index (χ1v) is 7.85. The molecule has 0 saturated heterocycles. The second-order valence-electron chi connectivity index (χ2n) is 5.19. The van der Waals surface area contributed by atoms with Gasteiger partial charge in [0.2, 0.25) is 0 Å². The maximum Gasteiger partial charge on any atom is 0.0897 e. The van der Waals surface area contributed by atoms with E-state index in [-0.39, 0.29) is 0 Å². The monoisotopic (exact) mass is 276 g/mol. The minimum absolute atomic E-state index is 0.634. The van der Waals surface area contributed by atoms with Gasteiger partial charge >= 0.3 is 0 Å². The van der Waals surface area contributed by atoms with Crippen LogP contribution in [0.3, 0.4) is 0 Å². The van der Waals surface area contributed by atoms with E-state index in [1.807, 2.05) is 6.92 Å². The van der Waals surface area contributed by atoms with Crippen LogP contribution in [0.4, 0.5) is 0 Å². The van der Waals surface area contributed by atoms with Gasteiger partial charge in [0, 0.05) is 24.7 Å². The highest BCUT2D eigenvalue weighted by Gasteiger charge is 2.17. The zero-order valence-electron chi connectivity index (χ0n) is 11.3. The van der Waals surface area contributed by atoms with Gasteiger partial charge in [0.1, 0.15) is 0 Å². The molecular weight excluding hydrogens is 256 g/mol. The lowest BCUT2D eigenvalue weighted by Crippen LogP contribution is -2.14. The van der Waals surface area contributed by atoms with Crippen molar-refractivity contribution in [2.45, 2.75) is 51.7 Å². The van der Waals surface area contributed by atoms with Crippen LogP contribution in [-0.2, 0) is 13.1 Å². The Morgan fingerprint density at radius 1 is 1.32 bits per heavy atom. The van der Waals surface area contributed by atoms with Crippen molar-refractivity contribution < 1.29 is 0 Å². The Morgan fingerprint density at radius 2 is 2.11 bits per heavy atom. The van der Waals surface area contributed by atoms with Gasteiger partial charge in [-0.1, -0.05) is 12.8 Å². The summed E-state index contributed by atoms with van der Waals surface area (Å²) in [7, 11) is 0. The summed E-state index contributed by atoms with van der Waals surface area (Å²) in [6, 6.07) is 2.76. The van der Waals surface area contributed by atoms with Crippen LogP contribution in [-0.4, -0.2) is 14.8 Å². The van der Waals surface area contributed by atoms with Gasteiger partial charge < -0.3 is 5.32 Å². The third kappa shape index (κ3) is 3.22. The molecule has 5 heteroatoms. The fraction of sp³-hybridized carbons (Fsp3) is 0.571. The summed E-state index contributed by atoms with van der Waals surface area (Å²) in [5, 5.41) is 11.3. The Labute approximate surface area is 117 Å². The second-order valence-corrected chi connectivity index (χ2v) is 6.25. The summed E-state index contributed by atoms with van der Waals surface area (Å²) in [6.07, 6.45) is 7.39. The molecule has 0 spiro atoms. The van der Waals surface area contributed by atoms with Crippen molar-refractivity contribution in [2.75, 3.05) is 0 Å². The molecule has 1 fully saturated rings. The fourth-order valence-electron chi connectivity index (χ4n) is 2.65. The highest BCUT2D eigenvalue weighted by Crippen LogP contribution is 2.28. The van der Waals surface area contributed by atoms with Crippen LogP contribution >= 0.6 is 11.3 Å². The summed E-state index contributed by atoms with van der Waals surface area (Å²) in [5.41, 5.74) is 2.25. The van der Waals surface area contributed by atoms with Crippen LogP contribution < -0.4 is 5.32 Å². The van der Waals surface area contributed by atoms with Gasteiger partial charge in [-0.3, -0.25) is 4.68 Å². The molecule has 0 amide bonds. The van der Waals surface area contributed by atoms with E-state index in [2.05, 4.69) is 37.7 Å². The first-order chi connectivity index (χ1) is 9.31. The predicted molar refractivity (Wildman–Crippen MR) is 77.1 cm³/mol. The van der Waals surface area contributed by atoms with Crippen molar-refractivity contribution in [2.24, 2.45) is 0 Å². The number of thiazole rings is 1. The normalized spacial score (nSPS) is 16.3. The van der Waals surface area contributed by atoms with Crippen molar-refractivity contribution in [1.29, 1.82) is 0 Å². The van der Waals surface area contributed by atoms with Gasteiger partial charge in [-0.15, -0.1) is 11.3 Å². The lowest BCUT2D eigenvalue weighted by atomic mass is 10.3. The van der Waals surface area contributed by atoms with Crippen molar-refractivity contribution in [1.82, 2.24) is 20.1 Å². The van der Waals surface area contributed by atoms with Gasteiger partial charge in [0.05, 0.1) is 22.4 Å². The zero-order chi connectivity index (χ0) is 13.1. The number of rotatable bonds is 5. The molecule has 19 heavy (non-hydrogen) atoms. The van der Waals surface area contributed by atoms with E-state index in [4.69, 9.17) is 0 Å². The average Bonchev–Trinajstić information content (AvgIpc) is 3.09. The van der Waals surface area contributed by atoms with Gasteiger partial charge in [0.15, 0.2) is 0 Å². The number of aryl methyl sites for hydroxylation is 1. The number of nitrogens with zero attached hydrogens (tertiary/aromatic N) is 3. The Balaban J connectivity index is 1.50. The van der Waals surface area contributed by atoms with Crippen molar-refractivity contribution in [3.8, 4) is 0 Å². The number of hydrogen-bond acceptors (Lipinski definition) is 4. The number of hydrogen-bond donors (Lipinski definition) is 1. The van der Waals surface area contributed by atoms with Crippen LogP contribution in [0.1, 0.15) is 48.1 Å². The Morgan fingerprint density at radius 3 is 2.84 bits per heavy atom. The van der Waals surface area contributed by atoms with E-state index in [1.165, 1.54) is 25.7 Å². The fourth-order valence-corrected chi connectivity index (χ4v) is 3.26. The van der Waals surface area contributed by atoms with Gasteiger partial charge in [0.25, 0.3) is 0 Å². The summed E-state index contributed by atoms with van der Waals surface area (Å²) < 4.78 is 2.15. The van der Waals surface area contributed by atoms with Crippen molar-refractivity contribution >= 4 is 11.3 Å². The largest absolute Gasteiger partial charge is 0.305 e. The van der Waals surface area contributed by atoms with Crippen LogP contribution in [0.2, 0.25) is 0 Å². The summed E-state index contributed by atoms with van der Waals surface area (Å²) in [5.74, 6) is 0. The first-order valence-electron chi connectivity index (χ1n) is 6.97. The molecule has 102 valence electrons. The topological polar surface area (TPSA) is 42.7 Å². The predicted octanol–water partition coefficient (Wildman–Crippen LogP) is 3.05. The van der Waals surface area contributed by atoms with Crippen LogP contribution in [0.5, 0.6) is 0 Å². The molecule has 1 aliphatic rings. The summed E-state index contributed by atoms with van der Waals surface area (Å²) >= 11 is 1.70. The summed E-state index contributed by atoms with van der Waals surface area (Å²) in [4.78, 5) is 4.44. The quantitative estimate of drug-likeness (QED) is 0.912. The maximum atomic E-state index is 4.67. The van der Waals surface area contributed by atoms with E-state index in [0.717, 1.165) is 29.5 Å². The molecule has 2 aromatic heterocycles. The van der Waals surface area contributed by atoms with E-state index in [1.54, 1.807) is 11.3 Å². The average molecular weight is 276 g/mol. The Kier molecular flexibility index (Phi) is 3.94. The molecule has 0 bridgehead atoms. The van der Waals surface area contributed by atoms with E-state index < -0.39 is 0 Å². The van der Waals surface area contributed by atoms with Crippen LogP contribution in [0.25, 0.3) is 0 Å². The van der Waals surface area contributed by atoms with Crippen LogP contribution in [0, 0.1) is 6.92 Å². The molecule has 0 aliphatic heterocycles.